The summed E-state index contributed by atoms with van der Waals surface area (Å²) >= 11 is 6.34. The number of para-hydroxylation sites is 2. The molecule has 1 aliphatic heterocycles. The summed E-state index contributed by atoms with van der Waals surface area (Å²) in [5.74, 6) is 0.721. The molecular weight excluding hydrogens is 443 g/mol. The first-order valence-corrected chi connectivity index (χ1v) is 11.7. The Balaban J connectivity index is 1.56. The van der Waals surface area contributed by atoms with Gasteiger partial charge in [0.1, 0.15) is 11.4 Å². The predicted molar refractivity (Wildman–Crippen MR) is 129 cm³/mol. The molecule has 0 spiro atoms. The highest BCUT2D eigenvalue weighted by atomic mass is 35.5. The summed E-state index contributed by atoms with van der Waals surface area (Å²) in [7, 11) is 0. The van der Waals surface area contributed by atoms with Gasteiger partial charge >= 0.3 is 6.09 Å². The van der Waals surface area contributed by atoms with Gasteiger partial charge in [-0.1, -0.05) is 29.8 Å². The lowest BCUT2D eigenvalue weighted by Gasteiger charge is -2.34. The van der Waals surface area contributed by atoms with Crippen LogP contribution >= 0.6 is 11.6 Å². The number of rotatable bonds is 5. The molecule has 1 aromatic heterocycles. The Bertz CT molecular complexity index is 1120. The van der Waals surface area contributed by atoms with Crippen molar-refractivity contribution in [3.63, 3.8) is 0 Å². The molecule has 3 aromatic rings. The lowest BCUT2D eigenvalue weighted by molar-refractivity contribution is 0.0517. The largest absolute Gasteiger partial charge is 0.444 e. The van der Waals surface area contributed by atoms with Crippen LogP contribution in [0, 0.1) is 11.7 Å². The van der Waals surface area contributed by atoms with Gasteiger partial charge in [0.05, 0.1) is 17.6 Å². The molecule has 1 atom stereocenters. The smallest absolute Gasteiger partial charge is 0.407 e. The van der Waals surface area contributed by atoms with Crippen molar-refractivity contribution in [2.24, 2.45) is 5.92 Å². The molecule has 1 saturated heterocycles. The first kappa shape index (κ1) is 23.4. The molecule has 0 bridgehead atoms. The zero-order chi connectivity index (χ0) is 23.6. The van der Waals surface area contributed by atoms with Gasteiger partial charge in [-0.3, -0.25) is 0 Å². The number of nitrogens with one attached hydrogen (secondary N) is 1. The number of anilines is 1. The summed E-state index contributed by atoms with van der Waals surface area (Å²) in [6, 6.07) is 12.6. The molecule has 1 aliphatic rings. The van der Waals surface area contributed by atoms with Crippen LogP contribution in [0.5, 0.6) is 0 Å². The van der Waals surface area contributed by atoms with E-state index in [0.717, 1.165) is 42.9 Å². The average molecular weight is 473 g/mol. The van der Waals surface area contributed by atoms with Crippen LogP contribution in [0.3, 0.4) is 0 Å². The second-order valence-electron chi connectivity index (χ2n) is 9.52. The van der Waals surface area contributed by atoms with Crippen LogP contribution in [0.4, 0.5) is 15.1 Å². The summed E-state index contributed by atoms with van der Waals surface area (Å²) < 4.78 is 22.0. The minimum Gasteiger partial charge on any atom is -0.444 e. The number of ether oxygens (including phenoxy) is 1. The van der Waals surface area contributed by atoms with Crippen LogP contribution in [0.15, 0.2) is 42.5 Å². The van der Waals surface area contributed by atoms with Crippen molar-refractivity contribution in [2.75, 3.05) is 24.5 Å². The minimum absolute atomic E-state index is 0.261. The number of nitrogens with zero attached hydrogens (tertiary/aromatic N) is 3. The number of aromatic nitrogens is 2. The molecule has 1 N–H and O–H groups in total. The third kappa shape index (κ3) is 5.58. The van der Waals surface area contributed by atoms with E-state index in [2.05, 4.69) is 10.2 Å². The highest BCUT2D eigenvalue weighted by molar-refractivity contribution is 6.31. The summed E-state index contributed by atoms with van der Waals surface area (Å²) in [5.41, 5.74) is 1.71. The Morgan fingerprint density at radius 3 is 2.79 bits per heavy atom. The monoisotopic (exact) mass is 472 g/mol. The molecule has 1 amide bonds. The molecule has 2 heterocycles. The summed E-state index contributed by atoms with van der Waals surface area (Å²) in [6.45, 7) is 7.95. The lowest BCUT2D eigenvalue weighted by atomic mass is 9.98. The molecule has 1 fully saturated rings. The van der Waals surface area contributed by atoms with Gasteiger partial charge in [0, 0.05) is 30.2 Å². The quantitative estimate of drug-likeness (QED) is 0.523. The van der Waals surface area contributed by atoms with Gasteiger partial charge in [0.15, 0.2) is 0 Å². The molecule has 8 heteroatoms. The van der Waals surface area contributed by atoms with Gasteiger partial charge < -0.3 is 19.5 Å². The second kappa shape index (κ2) is 9.59. The Hall–Kier alpha value is -2.80. The summed E-state index contributed by atoms with van der Waals surface area (Å²) in [4.78, 5) is 19.2. The first-order chi connectivity index (χ1) is 15.7. The number of amides is 1. The first-order valence-electron chi connectivity index (χ1n) is 11.3. The number of benzene rings is 2. The maximum Gasteiger partial charge on any atom is 0.407 e. The zero-order valence-electron chi connectivity index (χ0n) is 19.3. The third-order valence-electron chi connectivity index (χ3n) is 5.75. The Morgan fingerprint density at radius 2 is 2.03 bits per heavy atom. The van der Waals surface area contributed by atoms with E-state index in [9.17, 15) is 9.18 Å². The number of piperidine rings is 1. The zero-order valence-corrected chi connectivity index (χ0v) is 20.0. The number of halogens is 2. The second-order valence-corrected chi connectivity index (χ2v) is 9.93. The van der Waals surface area contributed by atoms with Crippen molar-refractivity contribution in [2.45, 2.75) is 45.8 Å². The van der Waals surface area contributed by atoms with Crippen molar-refractivity contribution >= 4 is 34.7 Å². The third-order valence-corrected chi connectivity index (χ3v) is 6.10. The van der Waals surface area contributed by atoms with E-state index >= 15 is 0 Å². The van der Waals surface area contributed by atoms with Crippen LogP contribution < -0.4 is 10.2 Å². The van der Waals surface area contributed by atoms with Crippen LogP contribution in [0.1, 0.15) is 39.2 Å². The fraction of sp³-hybridized carbons (Fsp3) is 0.440. The van der Waals surface area contributed by atoms with Crippen molar-refractivity contribution in [1.29, 1.82) is 0 Å². The Kier molecular flexibility index (Phi) is 6.79. The van der Waals surface area contributed by atoms with E-state index in [4.69, 9.17) is 21.3 Å². The van der Waals surface area contributed by atoms with E-state index in [1.807, 2.05) is 49.6 Å². The fourth-order valence-corrected chi connectivity index (χ4v) is 4.48. The van der Waals surface area contributed by atoms with Gasteiger partial charge in [0.25, 0.3) is 0 Å². The van der Waals surface area contributed by atoms with E-state index in [-0.39, 0.29) is 11.7 Å². The number of hydrogen-bond donors (Lipinski definition) is 1. The highest BCUT2D eigenvalue weighted by Crippen LogP contribution is 2.30. The maximum absolute atomic E-state index is 14.6. The predicted octanol–water partition coefficient (Wildman–Crippen LogP) is 5.62. The molecule has 0 radical (unpaired) electrons. The summed E-state index contributed by atoms with van der Waals surface area (Å²) in [6.07, 6.45) is 1.58. The maximum atomic E-state index is 14.6. The van der Waals surface area contributed by atoms with E-state index < -0.39 is 11.7 Å². The normalized spacial score (nSPS) is 16.8. The molecule has 0 aliphatic carbocycles. The Morgan fingerprint density at radius 1 is 1.24 bits per heavy atom. The average Bonchev–Trinajstić information content (AvgIpc) is 3.12. The van der Waals surface area contributed by atoms with Crippen LogP contribution in [-0.4, -0.2) is 40.9 Å². The number of hydrogen-bond acceptors (Lipinski definition) is 4. The number of fused-ring (bicyclic) bond motifs is 1. The van der Waals surface area contributed by atoms with E-state index in [0.29, 0.717) is 23.7 Å². The topological polar surface area (TPSA) is 59.4 Å². The highest BCUT2D eigenvalue weighted by Gasteiger charge is 2.26. The number of carbonyl (C=O) groups is 1. The standard InChI is InChI=1S/C25H30ClFN4O2/c1-25(2,3)33-24(32)28-14-17-8-7-13-30(15-17)23-29-21-11-4-5-12-22(21)31(23)16-18-19(26)9-6-10-20(18)27/h4-6,9-12,17H,7-8,13-16H2,1-3H3,(H,28,32)/t17-/m0/s1. The minimum atomic E-state index is -0.526. The van der Waals surface area contributed by atoms with Gasteiger partial charge in [-0.25, -0.2) is 14.2 Å². The molecule has 2 aromatic carbocycles. The summed E-state index contributed by atoms with van der Waals surface area (Å²) in [5, 5.41) is 3.29. The molecule has 0 unspecified atom stereocenters. The van der Waals surface area contributed by atoms with Gasteiger partial charge in [-0.05, 0) is 63.8 Å². The van der Waals surface area contributed by atoms with Crippen molar-refractivity contribution in [3.8, 4) is 0 Å². The van der Waals surface area contributed by atoms with Crippen molar-refractivity contribution in [1.82, 2.24) is 14.9 Å². The van der Waals surface area contributed by atoms with Crippen LogP contribution in [-0.2, 0) is 11.3 Å². The molecule has 6 nitrogen and oxygen atoms in total. The van der Waals surface area contributed by atoms with Gasteiger partial charge in [-0.2, -0.15) is 0 Å². The van der Waals surface area contributed by atoms with Crippen molar-refractivity contribution < 1.29 is 13.9 Å². The molecule has 4 rings (SSSR count). The SMILES string of the molecule is CC(C)(C)OC(=O)NC[C@@H]1CCCN(c2nc3ccccc3n2Cc2c(F)cccc2Cl)C1. The Labute approximate surface area is 198 Å². The number of alkyl carbamates (subject to hydrolysis) is 1. The van der Waals surface area contributed by atoms with Crippen LogP contribution in [0.2, 0.25) is 5.02 Å². The molecule has 0 saturated carbocycles. The fourth-order valence-electron chi connectivity index (χ4n) is 4.26. The van der Waals surface area contributed by atoms with E-state index in [1.165, 1.54) is 6.07 Å². The lowest BCUT2D eigenvalue weighted by Crippen LogP contribution is -2.43. The molecule has 33 heavy (non-hydrogen) atoms. The molecule has 176 valence electrons. The molecular formula is C25H30ClFN4O2. The van der Waals surface area contributed by atoms with Crippen molar-refractivity contribution in [3.05, 3.63) is 58.9 Å². The van der Waals surface area contributed by atoms with Crippen LogP contribution in [0.25, 0.3) is 11.0 Å². The van der Waals surface area contributed by atoms with Gasteiger partial charge in [0.2, 0.25) is 5.95 Å². The number of carbonyl (C=O) groups excluding carboxylic acids is 1. The van der Waals surface area contributed by atoms with Gasteiger partial charge in [-0.15, -0.1) is 0 Å². The number of imidazole rings is 1. The van der Waals surface area contributed by atoms with E-state index in [1.54, 1.807) is 12.1 Å².